The van der Waals surface area contributed by atoms with Crippen LogP contribution in [0.1, 0.15) is 12.5 Å². The van der Waals surface area contributed by atoms with Crippen LogP contribution in [0.25, 0.3) is 0 Å². The molecule has 0 amide bonds. The van der Waals surface area contributed by atoms with E-state index >= 15 is 0 Å². The zero-order chi connectivity index (χ0) is 14.6. The molecule has 0 spiro atoms. The number of benzene rings is 1. The molecule has 0 aliphatic heterocycles. The predicted molar refractivity (Wildman–Crippen MR) is 63.3 cm³/mol. The van der Waals surface area contributed by atoms with Gasteiger partial charge in [-0.05, 0) is 13.0 Å². The molecular formula is C11H13NO7. The smallest absolute Gasteiger partial charge is 0.344 e. The molecule has 0 fully saturated rings. The summed E-state index contributed by atoms with van der Waals surface area (Å²) in [4.78, 5) is 20.8. The van der Waals surface area contributed by atoms with Crippen LogP contribution in [-0.4, -0.2) is 34.3 Å². The van der Waals surface area contributed by atoms with E-state index in [9.17, 15) is 14.9 Å². The fraction of sp³-hybridized carbons (Fsp3) is 0.364. The van der Waals surface area contributed by atoms with Gasteiger partial charge in [0, 0.05) is 0 Å². The number of nitro groups is 1. The van der Waals surface area contributed by atoms with Crippen molar-refractivity contribution in [3.8, 4) is 11.5 Å². The highest BCUT2D eigenvalue weighted by atomic mass is 16.6. The highest BCUT2D eigenvalue weighted by Crippen LogP contribution is 2.35. The monoisotopic (exact) mass is 271 g/mol. The van der Waals surface area contributed by atoms with Gasteiger partial charge in [-0.2, -0.15) is 0 Å². The molecule has 2 N–H and O–H groups in total. The molecule has 0 aromatic heterocycles. The summed E-state index contributed by atoms with van der Waals surface area (Å²) < 4.78 is 10.0. The molecule has 0 aliphatic carbocycles. The summed E-state index contributed by atoms with van der Waals surface area (Å²) in [5, 5.41) is 28.6. The summed E-state index contributed by atoms with van der Waals surface area (Å²) in [6.45, 7) is 0.745. The zero-order valence-corrected chi connectivity index (χ0v) is 10.3. The third kappa shape index (κ3) is 3.32. The molecule has 0 radical (unpaired) electrons. The van der Waals surface area contributed by atoms with Crippen LogP contribution in [0.2, 0.25) is 0 Å². The number of rotatable bonds is 6. The number of carboxylic acids is 1. The number of hydrogen-bond acceptors (Lipinski definition) is 6. The van der Waals surface area contributed by atoms with E-state index in [0.717, 1.165) is 6.07 Å². The van der Waals surface area contributed by atoms with Crippen molar-refractivity contribution in [3.05, 3.63) is 27.8 Å². The highest BCUT2D eigenvalue weighted by molar-refractivity contribution is 5.72. The molecule has 1 atom stereocenters. The van der Waals surface area contributed by atoms with E-state index in [2.05, 4.69) is 0 Å². The van der Waals surface area contributed by atoms with E-state index in [4.69, 9.17) is 19.7 Å². The van der Waals surface area contributed by atoms with E-state index in [1.807, 2.05) is 0 Å². The second kappa shape index (κ2) is 6.01. The maximum atomic E-state index is 10.8. The molecule has 0 bridgehead atoms. The maximum absolute atomic E-state index is 10.8. The summed E-state index contributed by atoms with van der Waals surface area (Å²) in [5.41, 5.74) is -0.312. The number of aliphatic hydroxyl groups excluding tert-OH is 1. The molecule has 104 valence electrons. The molecule has 0 saturated heterocycles. The van der Waals surface area contributed by atoms with Gasteiger partial charge in [0.15, 0.2) is 17.6 Å². The third-order valence-electron chi connectivity index (χ3n) is 2.38. The van der Waals surface area contributed by atoms with Gasteiger partial charge in [-0.3, -0.25) is 10.1 Å². The minimum Gasteiger partial charge on any atom is -0.493 e. The van der Waals surface area contributed by atoms with Crippen LogP contribution in [0.3, 0.4) is 0 Å². The van der Waals surface area contributed by atoms with E-state index < -0.39 is 23.6 Å². The van der Waals surface area contributed by atoms with Gasteiger partial charge in [0.2, 0.25) is 0 Å². The van der Waals surface area contributed by atoms with Crippen molar-refractivity contribution in [2.45, 2.75) is 19.6 Å². The molecule has 1 aromatic rings. The molecule has 8 nitrogen and oxygen atoms in total. The molecule has 1 rings (SSSR count). The van der Waals surface area contributed by atoms with E-state index in [-0.39, 0.29) is 22.7 Å². The van der Waals surface area contributed by atoms with Crippen LogP contribution in [0.4, 0.5) is 5.69 Å². The molecule has 1 aromatic carbocycles. The summed E-state index contributed by atoms with van der Waals surface area (Å²) in [5.74, 6) is -1.17. The minimum atomic E-state index is -1.21. The number of carboxylic acid groups (broad SMARTS) is 1. The Hall–Kier alpha value is -2.35. The lowest BCUT2D eigenvalue weighted by Gasteiger charge is -2.14. The lowest BCUT2D eigenvalue weighted by atomic mass is 10.1. The van der Waals surface area contributed by atoms with Gasteiger partial charge in [-0.1, -0.05) is 0 Å². The Morgan fingerprint density at radius 1 is 1.47 bits per heavy atom. The Balaban J connectivity index is 3.25. The molecular weight excluding hydrogens is 258 g/mol. The van der Waals surface area contributed by atoms with Gasteiger partial charge in [0.25, 0.3) is 5.69 Å². The van der Waals surface area contributed by atoms with Gasteiger partial charge in [0.05, 0.1) is 30.3 Å². The van der Waals surface area contributed by atoms with Crippen molar-refractivity contribution in [1.82, 2.24) is 0 Å². The van der Waals surface area contributed by atoms with Gasteiger partial charge in [0.1, 0.15) is 0 Å². The normalized spacial score (nSPS) is 11.7. The second-order valence-electron chi connectivity index (χ2n) is 3.65. The zero-order valence-electron chi connectivity index (χ0n) is 10.3. The van der Waals surface area contributed by atoms with Crippen molar-refractivity contribution < 1.29 is 29.4 Å². The molecule has 0 aliphatic rings. The number of hydrogen-bond donors (Lipinski definition) is 2. The number of nitrogens with zero attached hydrogens (tertiary/aromatic N) is 1. The van der Waals surface area contributed by atoms with Gasteiger partial charge in [-0.15, -0.1) is 0 Å². The first kappa shape index (κ1) is 14.7. The number of nitro benzene ring substituents is 1. The summed E-state index contributed by atoms with van der Waals surface area (Å²) >= 11 is 0. The van der Waals surface area contributed by atoms with Crippen LogP contribution in [-0.2, 0) is 11.4 Å². The van der Waals surface area contributed by atoms with E-state index in [0.29, 0.717) is 0 Å². The lowest BCUT2D eigenvalue weighted by Crippen LogP contribution is -2.23. The molecule has 19 heavy (non-hydrogen) atoms. The largest absolute Gasteiger partial charge is 0.493 e. The molecule has 0 saturated carbocycles. The van der Waals surface area contributed by atoms with Gasteiger partial charge in [-0.25, -0.2) is 4.79 Å². The van der Waals surface area contributed by atoms with Crippen LogP contribution in [0.15, 0.2) is 12.1 Å². The van der Waals surface area contributed by atoms with Gasteiger partial charge < -0.3 is 19.7 Å². The number of methoxy groups -OCH3 is 1. The Morgan fingerprint density at radius 3 is 2.53 bits per heavy atom. The van der Waals surface area contributed by atoms with Crippen molar-refractivity contribution in [1.29, 1.82) is 0 Å². The maximum Gasteiger partial charge on any atom is 0.344 e. The quantitative estimate of drug-likeness (QED) is 0.583. The number of aliphatic hydroxyl groups is 1. The number of ether oxygens (including phenoxy) is 2. The van der Waals surface area contributed by atoms with Crippen molar-refractivity contribution in [2.24, 2.45) is 0 Å². The third-order valence-corrected chi connectivity index (χ3v) is 2.38. The number of carbonyl (C=O) groups is 1. The summed E-state index contributed by atoms with van der Waals surface area (Å²) in [6.07, 6.45) is -1.19. The fourth-order valence-corrected chi connectivity index (χ4v) is 1.38. The lowest BCUT2D eigenvalue weighted by molar-refractivity contribution is -0.386. The van der Waals surface area contributed by atoms with Gasteiger partial charge >= 0.3 is 5.97 Å². The van der Waals surface area contributed by atoms with E-state index in [1.54, 1.807) is 0 Å². The number of aliphatic carboxylic acids is 1. The first-order chi connectivity index (χ1) is 8.90. The molecule has 1 unspecified atom stereocenters. The van der Waals surface area contributed by atoms with Crippen LogP contribution in [0, 0.1) is 10.1 Å². The molecule has 0 heterocycles. The van der Waals surface area contributed by atoms with E-state index in [1.165, 1.54) is 20.1 Å². The average Bonchev–Trinajstić information content (AvgIpc) is 2.37. The van der Waals surface area contributed by atoms with Crippen molar-refractivity contribution in [2.75, 3.05) is 7.11 Å². The summed E-state index contributed by atoms with van der Waals surface area (Å²) in [6, 6.07) is 2.27. The van der Waals surface area contributed by atoms with Crippen molar-refractivity contribution in [3.63, 3.8) is 0 Å². The first-order valence-corrected chi connectivity index (χ1v) is 5.26. The van der Waals surface area contributed by atoms with Crippen LogP contribution < -0.4 is 9.47 Å². The second-order valence-corrected chi connectivity index (χ2v) is 3.65. The first-order valence-electron chi connectivity index (χ1n) is 5.26. The molecule has 8 heteroatoms. The topological polar surface area (TPSA) is 119 Å². The Bertz CT molecular complexity index is 500. The van der Waals surface area contributed by atoms with Crippen molar-refractivity contribution >= 4 is 11.7 Å². The predicted octanol–water partition coefficient (Wildman–Crippen LogP) is 0.948. The minimum absolute atomic E-state index is 0.0529. The Labute approximate surface area is 108 Å². The highest BCUT2D eigenvalue weighted by Gasteiger charge is 2.22. The van der Waals surface area contributed by atoms with Crippen LogP contribution in [0.5, 0.6) is 11.5 Å². The average molecular weight is 271 g/mol. The Morgan fingerprint density at radius 2 is 2.11 bits per heavy atom. The SMILES string of the molecule is COc1cc(CO)c([N+](=O)[O-])cc1OC(C)C(=O)O. The fourth-order valence-electron chi connectivity index (χ4n) is 1.38. The summed E-state index contributed by atoms with van der Waals surface area (Å²) in [7, 11) is 1.31. The van der Waals surface area contributed by atoms with Crippen LogP contribution >= 0.6 is 0 Å². The Kier molecular flexibility index (Phi) is 4.65. The standard InChI is InChI=1S/C11H13NO7/c1-6(11(14)15)19-10-4-8(12(16)17)7(5-13)3-9(10)18-2/h3-4,6,13H,5H2,1-2H3,(H,14,15).